The minimum absolute atomic E-state index is 0.576. The molecule has 21 heavy (non-hydrogen) atoms. The van der Waals surface area contributed by atoms with E-state index in [0.29, 0.717) is 6.10 Å². The molecule has 0 aliphatic heterocycles. The fourth-order valence-corrected chi connectivity index (χ4v) is 4.76. The van der Waals surface area contributed by atoms with E-state index in [1.165, 1.54) is 103 Å². The van der Waals surface area contributed by atoms with Gasteiger partial charge in [0.05, 0.1) is 6.10 Å². The van der Waals surface area contributed by atoms with Gasteiger partial charge in [0, 0.05) is 7.11 Å². The van der Waals surface area contributed by atoms with Gasteiger partial charge in [0.25, 0.3) is 0 Å². The van der Waals surface area contributed by atoms with Crippen LogP contribution in [0.4, 0.5) is 0 Å². The Morgan fingerprint density at radius 2 is 0.810 bits per heavy atom. The molecule has 2 atom stereocenters. The van der Waals surface area contributed by atoms with Crippen molar-refractivity contribution in [3.63, 3.8) is 0 Å². The summed E-state index contributed by atoms with van der Waals surface area (Å²) in [4.78, 5) is 0. The van der Waals surface area contributed by atoms with Crippen molar-refractivity contribution in [2.75, 3.05) is 7.11 Å². The highest BCUT2D eigenvalue weighted by Crippen LogP contribution is 2.37. The van der Waals surface area contributed by atoms with Crippen LogP contribution in [0.3, 0.4) is 0 Å². The minimum Gasteiger partial charge on any atom is -0.381 e. The number of rotatable bonds is 1. The van der Waals surface area contributed by atoms with E-state index < -0.39 is 0 Å². The van der Waals surface area contributed by atoms with Gasteiger partial charge in [-0.25, -0.2) is 0 Å². The topological polar surface area (TPSA) is 9.23 Å². The van der Waals surface area contributed by atoms with Gasteiger partial charge in [-0.05, 0) is 37.5 Å². The average molecular weight is 295 g/mol. The second kappa shape index (κ2) is 10.6. The summed E-state index contributed by atoms with van der Waals surface area (Å²) < 4.78 is 5.96. The van der Waals surface area contributed by atoms with E-state index in [-0.39, 0.29) is 0 Å². The molecule has 2 saturated carbocycles. The van der Waals surface area contributed by atoms with E-state index in [2.05, 4.69) is 0 Å². The molecule has 0 aromatic rings. The molecule has 0 amide bonds. The molecule has 0 spiro atoms. The first-order valence-electron chi connectivity index (χ1n) is 9.94. The lowest BCUT2D eigenvalue weighted by Gasteiger charge is -2.37. The molecular formula is C20H38O. The maximum Gasteiger partial charge on any atom is 0.0627 e. The summed E-state index contributed by atoms with van der Waals surface area (Å²) in [7, 11) is 1.97. The van der Waals surface area contributed by atoms with Gasteiger partial charge in [-0.3, -0.25) is 0 Å². The Labute approximate surface area is 133 Å². The highest BCUT2D eigenvalue weighted by Gasteiger charge is 2.32. The van der Waals surface area contributed by atoms with Crippen molar-refractivity contribution in [1.29, 1.82) is 0 Å². The van der Waals surface area contributed by atoms with Gasteiger partial charge in [-0.15, -0.1) is 0 Å². The van der Waals surface area contributed by atoms with E-state index in [9.17, 15) is 0 Å². The molecule has 2 aliphatic rings. The molecule has 0 aromatic heterocycles. The summed E-state index contributed by atoms with van der Waals surface area (Å²) in [5.41, 5.74) is 0. The number of fused-ring (bicyclic) bond motifs is 2. The summed E-state index contributed by atoms with van der Waals surface area (Å²) in [6.45, 7) is 0. The van der Waals surface area contributed by atoms with Crippen LogP contribution in [0.5, 0.6) is 0 Å². The minimum atomic E-state index is 0.576. The molecule has 0 heterocycles. The van der Waals surface area contributed by atoms with Crippen LogP contribution in [0.1, 0.15) is 103 Å². The van der Waals surface area contributed by atoms with Crippen molar-refractivity contribution in [1.82, 2.24) is 0 Å². The Balaban J connectivity index is 1.82. The van der Waals surface area contributed by atoms with Crippen LogP contribution in [0.2, 0.25) is 0 Å². The van der Waals surface area contributed by atoms with Gasteiger partial charge >= 0.3 is 0 Å². The maximum absolute atomic E-state index is 5.96. The van der Waals surface area contributed by atoms with Crippen molar-refractivity contribution < 1.29 is 4.74 Å². The number of hydrogen-bond donors (Lipinski definition) is 0. The lowest BCUT2D eigenvalue weighted by atomic mass is 9.74. The van der Waals surface area contributed by atoms with Gasteiger partial charge in [0.1, 0.15) is 0 Å². The molecule has 2 rings (SSSR count). The Hall–Kier alpha value is -0.0400. The van der Waals surface area contributed by atoms with Gasteiger partial charge < -0.3 is 4.74 Å². The summed E-state index contributed by atoms with van der Waals surface area (Å²) in [6, 6.07) is 0. The highest BCUT2D eigenvalue weighted by molar-refractivity contribution is 4.83. The lowest BCUT2D eigenvalue weighted by Crippen LogP contribution is -2.35. The van der Waals surface area contributed by atoms with Crippen LogP contribution in [-0.2, 0) is 4.74 Å². The quantitative estimate of drug-likeness (QED) is 0.536. The zero-order valence-corrected chi connectivity index (χ0v) is 14.5. The third-order valence-corrected chi connectivity index (χ3v) is 6.00. The van der Waals surface area contributed by atoms with Gasteiger partial charge in [0.2, 0.25) is 0 Å². The second-order valence-corrected chi connectivity index (χ2v) is 7.62. The molecule has 0 aromatic carbocycles. The Kier molecular flexibility index (Phi) is 8.78. The van der Waals surface area contributed by atoms with Crippen LogP contribution >= 0.6 is 0 Å². The predicted octanol–water partition coefficient (Wildman–Crippen LogP) is 6.50. The molecule has 0 saturated heterocycles. The van der Waals surface area contributed by atoms with E-state index in [1.807, 2.05) is 7.11 Å². The van der Waals surface area contributed by atoms with E-state index in [4.69, 9.17) is 4.74 Å². The molecule has 2 unspecified atom stereocenters. The first-order chi connectivity index (χ1) is 10.4. The Bertz CT molecular complexity index is 228. The number of ether oxygens (including phenoxy) is 1. The van der Waals surface area contributed by atoms with Crippen molar-refractivity contribution >= 4 is 0 Å². The van der Waals surface area contributed by atoms with Crippen LogP contribution in [0.25, 0.3) is 0 Å². The highest BCUT2D eigenvalue weighted by atomic mass is 16.5. The molecule has 124 valence electrons. The van der Waals surface area contributed by atoms with Crippen molar-refractivity contribution in [3.8, 4) is 0 Å². The van der Waals surface area contributed by atoms with Crippen molar-refractivity contribution in [2.45, 2.75) is 109 Å². The van der Waals surface area contributed by atoms with Crippen molar-refractivity contribution in [2.24, 2.45) is 11.8 Å². The molecule has 1 heteroatoms. The molecule has 2 fully saturated rings. The predicted molar refractivity (Wildman–Crippen MR) is 91.6 cm³/mol. The van der Waals surface area contributed by atoms with Crippen LogP contribution in [0.15, 0.2) is 0 Å². The summed E-state index contributed by atoms with van der Waals surface area (Å²) in [6.07, 6.45) is 23.8. The SMILES string of the molecule is COC1C2CCCCCCCCCCCCCC1CCC2. The van der Waals surface area contributed by atoms with Crippen LogP contribution < -0.4 is 0 Å². The van der Waals surface area contributed by atoms with E-state index in [1.54, 1.807) is 0 Å². The van der Waals surface area contributed by atoms with Crippen LogP contribution in [-0.4, -0.2) is 13.2 Å². The molecule has 2 aliphatic carbocycles. The Morgan fingerprint density at radius 1 is 0.476 bits per heavy atom. The molecule has 0 N–H and O–H groups in total. The van der Waals surface area contributed by atoms with Crippen LogP contribution in [0, 0.1) is 11.8 Å². The normalized spacial score (nSPS) is 34.4. The lowest BCUT2D eigenvalue weighted by molar-refractivity contribution is -0.0270. The molecule has 2 bridgehead atoms. The molecule has 1 nitrogen and oxygen atoms in total. The molecule has 0 radical (unpaired) electrons. The molecular weight excluding hydrogens is 256 g/mol. The van der Waals surface area contributed by atoms with Gasteiger partial charge in [-0.2, -0.15) is 0 Å². The largest absolute Gasteiger partial charge is 0.381 e. The number of methoxy groups -OCH3 is 1. The summed E-state index contributed by atoms with van der Waals surface area (Å²) in [5, 5.41) is 0. The Morgan fingerprint density at radius 3 is 1.19 bits per heavy atom. The van der Waals surface area contributed by atoms with Crippen molar-refractivity contribution in [3.05, 3.63) is 0 Å². The zero-order valence-electron chi connectivity index (χ0n) is 14.5. The summed E-state index contributed by atoms with van der Waals surface area (Å²) in [5.74, 6) is 1.73. The second-order valence-electron chi connectivity index (χ2n) is 7.62. The standard InChI is InChI=1S/C20H38O/c1-21-20-18-14-11-9-7-5-3-2-4-6-8-10-12-15-19(20)17-13-16-18/h18-20H,2-17H2,1H3. The fraction of sp³-hybridized carbons (Fsp3) is 1.00. The van der Waals surface area contributed by atoms with E-state index in [0.717, 1.165) is 11.8 Å². The zero-order chi connectivity index (χ0) is 14.8. The number of hydrogen-bond acceptors (Lipinski definition) is 1. The third-order valence-electron chi connectivity index (χ3n) is 6.00. The first-order valence-corrected chi connectivity index (χ1v) is 9.94. The first kappa shape index (κ1) is 17.3. The fourth-order valence-electron chi connectivity index (χ4n) is 4.76. The average Bonchev–Trinajstić information content (AvgIpc) is 2.51. The third kappa shape index (κ3) is 6.30. The smallest absolute Gasteiger partial charge is 0.0627 e. The van der Waals surface area contributed by atoms with E-state index >= 15 is 0 Å². The maximum atomic E-state index is 5.96. The van der Waals surface area contributed by atoms with Gasteiger partial charge in [-0.1, -0.05) is 77.0 Å². The summed E-state index contributed by atoms with van der Waals surface area (Å²) >= 11 is 0. The van der Waals surface area contributed by atoms with Gasteiger partial charge in [0.15, 0.2) is 0 Å². The monoisotopic (exact) mass is 294 g/mol.